The third-order valence-corrected chi connectivity index (χ3v) is 7.12. The quantitative estimate of drug-likeness (QED) is 0.893. The molecule has 1 amide bonds. The minimum atomic E-state index is -3.47. The van der Waals surface area contributed by atoms with Gasteiger partial charge in [0.1, 0.15) is 0 Å². The number of carbonyl (C=O) groups excluding carboxylic acids is 1. The Morgan fingerprint density at radius 2 is 2.09 bits per heavy atom. The Hall–Kier alpha value is -0.920. The van der Waals surface area contributed by atoms with Gasteiger partial charge in [0, 0.05) is 24.5 Å². The van der Waals surface area contributed by atoms with E-state index < -0.39 is 10.0 Å². The number of thiophene rings is 1. The van der Waals surface area contributed by atoms with E-state index in [4.69, 9.17) is 0 Å². The Morgan fingerprint density at radius 3 is 2.68 bits per heavy atom. The van der Waals surface area contributed by atoms with E-state index in [1.165, 1.54) is 21.7 Å². The lowest BCUT2D eigenvalue weighted by Gasteiger charge is -2.29. The topological polar surface area (TPSA) is 66.5 Å². The van der Waals surface area contributed by atoms with Crippen LogP contribution >= 0.6 is 11.3 Å². The molecule has 0 aromatic carbocycles. The molecule has 0 radical (unpaired) electrons. The molecule has 0 spiro atoms. The van der Waals surface area contributed by atoms with Crippen molar-refractivity contribution in [2.75, 3.05) is 13.1 Å². The molecule has 0 bridgehead atoms. The van der Waals surface area contributed by atoms with Crippen molar-refractivity contribution in [3.8, 4) is 0 Å². The lowest BCUT2D eigenvalue weighted by atomic mass is 10.0. The van der Waals surface area contributed by atoms with Gasteiger partial charge in [-0.2, -0.15) is 4.31 Å². The van der Waals surface area contributed by atoms with Crippen LogP contribution < -0.4 is 5.32 Å². The van der Waals surface area contributed by atoms with Gasteiger partial charge in [-0.25, -0.2) is 8.42 Å². The highest BCUT2D eigenvalue weighted by Gasteiger charge is 2.29. The summed E-state index contributed by atoms with van der Waals surface area (Å²) in [6.45, 7) is 7.19. The van der Waals surface area contributed by atoms with Crippen molar-refractivity contribution in [2.45, 2.75) is 51.0 Å². The summed E-state index contributed by atoms with van der Waals surface area (Å²) in [6, 6.07) is 1.58. The molecule has 1 fully saturated rings. The number of carbonyl (C=O) groups is 1. The van der Waals surface area contributed by atoms with Gasteiger partial charge in [-0.05, 0) is 38.2 Å². The van der Waals surface area contributed by atoms with Gasteiger partial charge in [0.2, 0.25) is 10.0 Å². The monoisotopic (exact) mass is 344 g/mol. The van der Waals surface area contributed by atoms with Gasteiger partial charge in [-0.15, -0.1) is 11.3 Å². The molecule has 1 N–H and O–H groups in total. The Kier molecular flexibility index (Phi) is 5.63. The molecule has 1 atom stereocenters. The van der Waals surface area contributed by atoms with Crippen LogP contribution in [0.3, 0.4) is 0 Å². The molecule has 1 aromatic heterocycles. The number of nitrogens with one attached hydrogen (secondary N) is 1. The Labute approximate surface area is 136 Å². The van der Waals surface area contributed by atoms with E-state index in [1.54, 1.807) is 5.38 Å². The van der Waals surface area contributed by atoms with E-state index in [9.17, 15) is 13.2 Å². The molecule has 2 rings (SSSR count). The first-order chi connectivity index (χ1) is 10.3. The molecule has 5 nitrogen and oxygen atoms in total. The summed E-state index contributed by atoms with van der Waals surface area (Å²) in [7, 11) is -3.47. The smallest absolute Gasteiger partial charge is 0.261 e. The summed E-state index contributed by atoms with van der Waals surface area (Å²) in [5.74, 6) is 0.374. The first-order valence-corrected chi connectivity index (χ1v) is 10.1. The number of sulfonamides is 1. The normalized spacial score (nSPS) is 19.0. The predicted molar refractivity (Wildman–Crippen MR) is 88.7 cm³/mol. The van der Waals surface area contributed by atoms with E-state index >= 15 is 0 Å². The van der Waals surface area contributed by atoms with Crippen LogP contribution in [0.2, 0.25) is 0 Å². The highest BCUT2D eigenvalue weighted by molar-refractivity contribution is 7.89. The number of rotatable bonds is 5. The minimum absolute atomic E-state index is 0.0817. The van der Waals surface area contributed by atoms with Gasteiger partial charge >= 0.3 is 0 Å². The molecule has 7 heteroatoms. The van der Waals surface area contributed by atoms with E-state index in [-0.39, 0.29) is 16.8 Å². The highest BCUT2D eigenvalue weighted by Crippen LogP contribution is 2.26. The van der Waals surface area contributed by atoms with Crippen LogP contribution in [0.25, 0.3) is 0 Å². The zero-order chi connectivity index (χ0) is 16.3. The Balaban J connectivity index is 2.11. The highest BCUT2D eigenvalue weighted by atomic mass is 32.2. The van der Waals surface area contributed by atoms with Gasteiger partial charge in [-0.1, -0.05) is 13.8 Å². The van der Waals surface area contributed by atoms with Crippen LogP contribution in [0.5, 0.6) is 0 Å². The maximum absolute atomic E-state index is 12.6. The maximum atomic E-state index is 12.6. The van der Waals surface area contributed by atoms with Crippen LogP contribution in [0.4, 0.5) is 0 Å². The largest absolute Gasteiger partial charge is 0.349 e. The number of nitrogens with zero attached hydrogens (tertiary/aromatic N) is 1. The molecule has 1 aliphatic rings. The van der Waals surface area contributed by atoms with Gasteiger partial charge < -0.3 is 5.32 Å². The molecule has 22 heavy (non-hydrogen) atoms. The average molecular weight is 345 g/mol. The molecule has 0 unspecified atom stereocenters. The summed E-state index contributed by atoms with van der Waals surface area (Å²) in [4.78, 5) is 12.8. The van der Waals surface area contributed by atoms with Crippen molar-refractivity contribution in [1.29, 1.82) is 0 Å². The second kappa shape index (κ2) is 7.10. The van der Waals surface area contributed by atoms with Crippen LogP contribution in [0, 0.1) is 5.92 Å². The van der Waals surface area contributed by atoms with Crippen molar-refractivity contribution < 1.29 is 13.2 Å². The third-order valence-electron chi connectivity index (χ3n) is 4.17. The fourth-order valence-electron chi connectivity index (χ4n) is 2.34. The Morgan fingerprint density at radius 1 is 1.45 bits per heavy atom. The molecule has 2 heterocycles. The van der Waals surface area contributed by atoms with E-state index in [0.29, 0.717) is 23.9 Å². The fraction of sp³-hybridized carbons (Fsp3) is 0.667. The average Bonchev–Trinajstić information content (AvgIpc) is 2.98. The van der Waals surface area contributed by atoms with Crippen LogP contribution in [-0.2, 0) is 10.0 Å². The van der Waals surface area contributed by atoms with Crippen molar-refractivity contribution in [1.82, 2.24) is 9.62 Å². The molecule has 1 aliphatic heterocycles. The number of piperidine rings is 1. The van der Waals surface area contributed by atoms with Crippen LogP contribution in [-0.4, -0.2) is 37.8 Å². The summed E-state index contributed by atoms with van der Waals surface area (Å²) < 4.78 is 26.8. The molecule has 1 saturated heterocycles. The fourth-order valence-corrected chi connectivity index (χ4v) is 4.98. The summed E-state index contributed by atoms with van der Waals surface area (Å²) >= 11 is 1.18. The van der Waals surface area contributed by atoms with Crippen molar-refractivity contribution in [3.63, 3.8) is 0 Å². The summed E-state index contributed by atoms with van der Waals surface area (Å²) in [5, 5.41) is 4.43. The van der Waals surface area contributed by atoms with Crippen molar-refractivity contribution in [3.05, 3.63) is 16.3 Å². The Bertz CT molecular complexity index is 616. The SMILES string of the molecule is CC[C@@H](C)NC(=O)c1cc(S(=O)(=O)N2CCC(C)CC2)cs1. The second-order valence-electron chi connectivity index (χ2n) is 6.02. The minimum Gasteiger partial charge on any atom is -0.349 e. The molecule has 124 valence electrons. The first kappa shape index (κ1) is 17.4. The number of hydrogen-bond donors (Lipinski definition) is 1. The lowest BCUT2D eigenvalue weighted by Crippen LogP contribution is -2.37. The van der Waals surface area contributed by atoms with Crippen molar-refractivity contribution in [2.24, 2.45) is 5.92 Å². The molecule has 0 aliphatic carbocycles. The molecule has 1 aromatic rings. The van der Waals surface area contributed by atoms with E-state index in [2.05, 4.69) is 12.2 Å². The summed E-state index contributed by atoms with van der Waals surface area (Å²) in [5.41, 5.74) is 0. The first-order valence-electron chi connectivity index (χ1n) is 7.74. The zero-order valence-electron chi connectivity index (χ0n) is 13.3. The van der Waals surface area contributed by atoms with E-state index in [0.717, 1.165) is 19.3 Å². The number of hydrogen-bond acceptors (Lipinski definition) is 4. The van der Waals surface area contributed by atoms with Crippen LogP contribution in [0.15, 0.2) is 16.3 Å². The molecular formula is C15H24N2O3S2. The maximum Gasteiger partial charge on any atom is 0.261 e. The molecule has 0 saturated carbocycles. The van der Waals surface area contributed by atoms with Gasteiger partial charge in [0.25, 0.3) is 5.91 Å². The van der Waals surface area contributed by atoms with Gasteiger partial charge in [0.05, 0.1) is 9.77 Å². The lowest BCUT2D eigenvalue weighted by molar-refractivity contribution is 0.0943. The third kappa shape index (κ3) is 3.88. The number of amides is 1. The predicted octanol–water partition coefficient (Wildman–Crippen LogP) is 2.70. The van der Waals surface area contributed by atoms with Crippen molar-refractivity contribution >= 4 is 27.3 Å². The van der Waals surface area contributed by atoms with E-state index in [1.807, 2.05) is 13.8 Å². The summed E-state index contributed by atoms with van der Waals surface area (Å²) in [6.07, 6.45) is 2.63. The zero-order valence-corrected chi connectivity index (χ0v) is 15.0. The van der Waals surface area contributed by atoms with Gasteiger partial charge in [0.15, 0.2) is 0 Å². The molecular weight excluding hydrogens is 320 g/mol. The van der Waals surface area contributed by atoms with Crippen LogP contribution in [0.1, 0.15) is 49.7 Å². The second-order valence-corrected chi connectivity index (χ2v) is 8.87. The van der Waals surface area contributed by atoms with Gasteiger partial charge in [-0.3, -0.25) is 4.79 Å². The standard InChI is InChI=1S/C15H24N2O3S2/c1-4-12(3)16-15(18)14-9-13(10-21-14)22(19,20)17-7-5-11(2)6-8-17/h9-12H,4-8H2,1-3H3,(H,16,18)/t12-/m1/s1.